The van der Waals surface area contributed by atoms with Crippen LogP contribution in [-0.4, -0.2) is 17.0 Å². The molecule has 0 saturated heterocycles. The van der Waals surface area contributed by atoms with Crippen molar-refractivity contribution in [3.05, 3.63) is 11.1 Å². The van der Waals surface area contributed by atoms with Crippen molar-refractivity contribution in [1.82, 2.24) is 0 Å². The molecule has 2 heteroatoms. The van der Waals surface area contributed by atoms with Crippen LogP contribution in [0.3, 0.4) is 0 Å². The molecule has 0 aromatic heterocycles. The summed E-state index contributed by atoms with van der Waals surface area (Å²) in [5.41, 5.74) is 1.80. The zero-order chi connectivity index (χ0) is 14.6. The number of allylic oxidation sites excluding steroid dienone is 1. The van der Waals surface area contributed by atoms with E-state index in [1.54, 1.807) is 6.92 Å². The highest BCUT2D eigenvalue weighted by molar-refractivity contribution is 5.84. The number of aliphatic hydroxyl groups is 1. The van der Waals surface area contributed by atoms with Crippen LogP contribution in [-0.2, 0) is 4.79 Å². The van der Waals surface area contributed by atoms with Gasteiger partial charge in [0, 0.05) is 10.8 Å². The van der Waals surface area contributed by atoms with Gasteiger partial charge < -0.3 is 5.11 Å². The summed E-state index contributed by atoms with van der Waals surface area (Å²) in [5.74, 6) is 0.200. The van der Waals surface area contributed by atoms with E-state index >= 15 is 0 Å². The van der Waals surface area contributed by atoms with Gasteiger partial charge in [0.25, 0.3) is 0 Å². The molecule has 2 aliphatic rings. The third kappa shape index (κ3) is 1.91. The molecule has 0 saturated carbocycles. The van der Waals surface area contributed by atoms with Gasteiger partial charge in [-0.15, -0.1) is 0 Å². The fourth-order valence-corrected chi connectivity index (χ4v) is 4.13. The molecule has 0 radical (unpaired) electrons. The van der Waals surface area contributed by atoms with Gasteiger partial charge in [0.05, 0.1) is 6.10 Å². The lowest BCUT2D eigenvalue weighted by molar-refractivity contribution is -0.140. The predicted octanol–water partition coefficient (Wildman–Crippen LogP) is 3.88. The van der Waals surface area contributed by atoms with Crippen molar-refractivity contribution in [2.45, 2.75) is 73.3 Å². The smallest absolute Gasteiger partial charge is 0.136 e. The molecule has 0 aromatic carbocycles. The lowest BCUT2D eigenvalue weighted by Crippen LogP contribution is -2.54. The van der Waals surface area contributed by atoms with Crippen LogP contribution >= 0.6 is 0 Å². The van der Waals surface area contributed by atoms with E-state index in [2.05, 4.69) is 13.8 Å². The third-order valence-corrected chi connectivity index (χ3v) is 6.11. The molecule has 0 bridgehead atoms. The summed E-state index contributed by atoms with van der Waals surface area (Å²) in [6.07, 6.45) is 3.68. The van der Waals surface area contributed by atoms with Gasteiger partial charge in [-0.05, 0) is 43.6 Å². The van der Waals surface area contributed by atoms with Crippen LogP contribution in [0.5, 0.6) is 0 Å². The quantitative estimate of drug-likeness (QED) is 0.730. The highest BCUT2D eigenvalue weighted by atomic mass is 16.3. The van der Waals surface area contributed by atoms with Gasteiger partial charge in [-0.2, -0.15) is 0 Å². The summed E-state index contributed by atoms with van der Waals surface area (Å²) in [5, 5.41) is 10.9. The maximum Gasteiger partial charge on any atom is 0.136 e. The molecule has 2 rings (SSSR count). The molecule has 0 amide bonds. The van der Waals surface area contributed by atoms with Gasteiger partial charge in [0.15, 0.2) is 0 Å². The van der Waals surface area contributed by atoms with Crippen LogP contribution in [0.15, 0.2) is 11.1 Å². The van der Waals surface area contributed by atoms with E-state index in [9.17, 15) is 9.90 Å². The van der Waals surface area contributed by atoms with E-state index in [1.165, 1.54) is 17.6 Å². The van der Waals surface area contributed by atoms with E-state index in [-0.39, 0.29) is 11.2 Å². The number of carbonyl (C=O) groups is 1. The summed E-state index contributed by atoms with van der Waals surface area (Å²) >= 11 is 0. The molecule has 0 aliphatic heterocycles. The number of aliphatic hydroxyl groups excluding tert-OH is 1. The van der Waals surface area contributed by atoms with E-state index in [1.807, 2.05) is 20.8 Å². The van der Waals surface area contributed by atoms with E-state index < -0.39 is 16.9 Å². The standard InChI is InChI=1S/C17H28O2/c1-11(18)17(6)10-12-8-7-9-15(2,3)13(12)14(19)16(17,4)5/h14,19H,7-10H2,1-6H3. The van der Waals surface area contributed by atoms with Gasteiger partial charge >= 0.3 is 0 Å². The Kier molecular flexibility index (Phi) is 3.25. The van der Waals surface area contributed by atoms with Crippen molar-refractivity contribution in [3.8, 4) is 0 Å². The number of hydrogen-bond acceptors (Lipinski definition) is 2. The second kappa shape index (κ2) is 4.18. The summed E-state index contributed by atoms with van der Waals surface area (Å²) in [6, 6.07) is 0. The summed E-state index contributed by atoms with van der Waals surface area (Å²) in [4.78, 5) is 12.2. The van der Waals surface area contributed by atoms with Crippen molar-refractivity contribution in [2.75, 3.05) is 0 Å². The Hall–Kier alpha value is -0.630. The number of rotatable bonds is 1. The van der Waals surface area contributed by atoms with Gasteiger partial charge in [0.2, 0.25) is 0 Å². The van der Waals surface area contributed by atoms with Crippen molar-refractivity contribution >= 4 is 5.78 Å². The molecule has 2 aliphatic carbocycles. The lowest BCUT2D eigenvalue weighted by atomic mass is 9.50. The highest BCUT2D eigenvalue weighted by Gasteiger charge is 2.56. The second-order valence-electron chi connectivity index (χ2n) is 7.94. The molecular weight excluding hydrogens is 236 g/mol. The number of ketones is 1. The first-order valence-electron chi connectivity index (χ1n) is 7.45. The Balaban J connectivity index is 2.59. The Morgan fingerprint density at radius 3 is 2.32 bits per heavy atom. The van der Waals surface area contributed by atoms with Crippen molar-refractivity contribution in [1.29, 1.82) is 0 Å². The zero-order valence-electron chi connectivity index (χ0n) is 13.3. The Morgan fingerprint density at radius 2 is 1.79 bits per heavy atom. The first-order chi connectivity index (χ1) is 8.54. The molecule has 19 heavy (non-hydrogen) atoms. The van der Waals surface area contributed by atoms with Crippen molar-refractivity contribution in [2.24, 2.45) is 16.2 Å². The molecule has 0 fully saturated rings. The molecule has 2 nitrogen and oxygen atoms in total. The van der Waals surface area contributed by atoms with Gasteiger partial charge in [-0.3, -0.25) is 4.79 Å². The Labute approximate surface area is 117 Å². The van der Waals surface area contributed by atoms with Crippen LogP contribution in [0.4, 0.5) is 0 Å². The maximum absolute atomic E-state index is 12.2. The van der Waals surface area contributed by atoms with E-state index in [4.69, 9.17) is 0 Å². The molecule has 2 unspecified atom stereocenters. The van der Waals surface area contributed by atoms with Crippen LogP contribution in [0, 0.1) is 16.2 Å². The van der Waals surface area contributed by atoms with Crippen molar-refractivity contribution < 1.29 is 9.90 Å². The first kappa shape index (κ1) is 14.8. The van der Waals surface area contributed by atoms with Crippen LogP contribution in [0.1, 0.15) is 67.2 Å². The number of carbonyl (C=O) groups excluding carboxylic acids is 1. The maximum atomic E-state index is 12.2. The minimum atomic E-state index is -0.500. The molecule has 108 valence electrons. The Morgan fingerprint density at radius 1 is 1.21 bits per heavy atom. The molecule has 0 spiro atoms. The van der Waals surface area contributed by atoms with Crippen LogP contribution in [0.25, 0.3) is 0 Å². The van der Waals surface area contributed by atoms with E-state index in [0.29, 0.717) is 0 Å². The van der Waals surface area contributed by atoms with Gasteiger partial charge in [-0.1, -0.05) is 40.2 Å². The van der Waals surface area contributed by atoms with Crippen LogP contribution < -0.4 is 0 Å². The van der Waals surface area contributed by atoms with Gasteiger partial charge in [-0.25, -0.2) is 0 Å². The highest BCUT2D eigenvalue weighted by Crippen LogP contribution is 2.58. The molecule has 2 atom stereocenters. The summed E-state index contributed by atoms with van der Waals surface area (Å²) in [6.45, 7) is 12.3. The average molecular weight is 264 g/mol. The predicted molar refractivity (Wildman–Crippen MR) is 77.9 cm³/mol. The molecule has 0 heterocycles. The molecular formula is C17H28O2. The van der Waals surface area contributed by atoms with Crippen molar-refractivity contribution in [3.63, 3.8) is 0 Å². The molecule has 1 N–H and O–H groups in total. The fraction of sp³-hybridized carbons (Fsp3) is 0.824. The first-order valence-corrected chi connectivity index (χ1v) is 7.45. The number of Topliss-reactive ketones (excluding diaryl/α,β-unsaturated/α-hetero) is 1. The largest absolute Gasteiger partial charge is 0.388 e. The minimum Gasteiger partial charge on any atom is -0.388 e. The second-order valence-corrected chi connectivity index (χ2v) is 7.94. The van der Waals surface area contributed by atoms with Gasteiger partial charge in [0.1, 0.15) is 5.78 Å². The summed E-state index contributed by atoms with van der Waals surface area (Å²) < 4.78 is 0. The normalized spacial score (nSPS) is 36.9. The molecule has 0 aromatic rings. The minimum absolute atomic E-state index is 0.0718. The van der Waals surface area contributed by atoms with Crippen LogP contribution in [0.2, 0.25) is 0 Å². The van der Waals surface area contributed by atoms with E-state index in [0.717, 1.165) is 19.3 Å². The zero-order valence-corrected chi connectivity index (χ0v) is 13.3. The number of hydrogen-bond donors (Lipinski definition) is 1. The third-order valence-electron chi connectivity index (χ3n) is 6.11. The SMILES string of the molecule is CC(=O)C1(C)CC2=C(C(O)C1(C)C)C(C)(C)CCC2. The average Bonchev–Trinajstić information content (AvgIpc) is 2.25. The topological polar surface area (TPSA) is 37.3 Å². The fourth-order valence-electron chi connectivity index (χ4n) is 4.13. The monoisotopic (exact) mass is 264 g/mol. The lowest BCUT2D eigenvalue weighted by Gasteiger charge is -2.55. The summed E-state index contributed by atoms with van der Waals surface area (Å²) in [7, 11) is 0. The Bertz CT molecular complexity index is 442.